The van der Waals surface area contributed by atoms with Gasteiger partial charge in [0.15, 0.2) is 0 Å². The van der Waals surface area contributed by atoms with Gasteiger partial charge in [0.25, 0.3) is 10.0 Å². The second kappa shape index (κ2) is 6.72. The van der Waals surface area contributed by atoms with Crippen LogP contribution in [0.3, 0.4) is 0 Å². The number of halogens is 1. The molecule has 0 atom stereocenters. The molecule has 0 fully saturated rings. The number of sulfonamides is 1. The van der Waals surface area contributed by atoms with Gasteiger partial charge in [-0.05, 0) is 42.7 Å². The predicted molar refractivity (Wildman–Crippen MR) is 89.7 cm³/mol. The number of hydrogen-bond donors (Lipinski definition) is 1. The van der Waals surface area contributed by atoms with Crippen molar-refractivity contribution in [1.29, 1.82) is 0 Å². The number of thioether (sulfide) groups is 1. The average Bonchev–Trinajstić information content (AvgIpc) is 2.47. The molecular formula is C14H14BrNO3S2. The van der Waals surface area contributed by atoms with Crippen LogP contribution >= 0.6 is 27.7 Å². The van der Waals surface area contributed by atoms with Crippen molar-refractivity contribution in [1.82, 2.24) is 0 Å². The van der Waals surface area contributed by atoms with Crippen molar-refractivity contribution >= 4 is 43.4 Å². The van der Waals surface area contributed by atoms with E-state index in [-0.39, 0.29) is 4.90 Å². The third kappa shape index (κ3) is 3.93. The zero-order valence-electron chi connectivity index (χ0n) is 11.5. The highest BCUT2D eigenvalue weighted by Crippen LogP contribution is 2.29. The summed E-state index contributed by atoms with van der Waals surface area (Å²) in [5.74, 6) is 0.298. The third-order valence-electron chi connectivity index (χ3n) is 2.74. The van der Waals surface area contributed by atoms with Gasteiger partial charge in [-0.25, -0.2) is 8.42 Å². The minimum atomic E-state index is -3.72. The largest absolute Gasteiger partial charge is 0.495 e. The Balaban J connectivity index is 2.40. The maximum absolute atomic E-state index is 12.5. The van der Waals surface area contributed by atoms with E-state index in [0.717, 1.165) is 4.90 Å². The molecule has 0 spiro atoms. The summed E-state index contributed by atoms with van der Waals surface area (Å²) >= 11 is 4.82. The average molecular weight is 388 g/mol. The SMILES string of the molecule is COc1ccc(Br)cc1S(=O)(=O)Nc1cccc(SC)c1. The normalized spacial score (nSPS) is 11.2. The molecule has 0 bridgehead atoms. The van der Waals surface area contributed by atoms with Gasteiger partial charge in [0.1, 0.15) is 10.6 Å². The molecule has 0 amide bonds. The van der Waals surface area contributed by atoms with Gasteiger partial charge in [-0.15, -0.1) is 11.8 Å². The number of methoxy groups -OCH3 is 1. The van der Waals surface area contributed by atoms with Crippen molar-refractivity contribution in [2.45, 2.75) is 9.79 Å². The zero-order valence-corrected chi connectivity index (χ0v) is 14.7. The summed E-state index contributed by atoms with van der Waals surface area (Å²) in [6, 6.07) is 12.1. The molecule has 1 N–H and O–H groups in total. The molecule has 0 unspecified atom stereocenters. The summed E-state index contributed by atoms with van der Waals surface area (Å²) in [5, 5.41) is 0. The molecular weight excluding hydrogens is 374 g/mol. The standard InChI is InChI=1S/C14H14BrNO3S2/c1-19-13-7-6-10(15)8-14(13)21(17,18)16-11-4-3-5-12(9-11)20-2/h3-9,16H,1-2H3. The molecule has 112 valence electrons. The van der Waals surface area contributed by atoms with E-state index in [2.05, 4.69) is 20.7 Å². The minimum absolute atomic E-state index is 0.0916. The Labute approximate surface area is 137 Å². The van der Waals surface area contributed by atoms with E-state index in [1.807, 2.05) is 18.4 Å². The quantitative estimate of drug-likeness (QED) is 0.788. The fourth-order valence-electron chi connectivity index (χ4n) is 1.76. The lowest BCUT2D eigenvalue weighted by Gasteiger charge is -2.12. The predicted octanol–water partition coefficient (Wildman–Crippen LogP) is 3.98. The number of benzene rings is 2. The van der Waals surface area contributed by atoms with E-state index in [1.165, 1.54) is 13.2 Å². The van der Waals surface area contributed by atoms with Crippen LogP contribution in [-0.4, -0.2) is 21.8 Å². The fraction of sp³-hybridized carbons (Fsp3) is 0.143. The van der Waals surface area contributed by atoms with Gasteiger partial charge >= 0.3 is 0 Å². The first-order valence-electron chi connectivity index (χ1n) is 5.96. The molecule has 2 rings (SSSR count). The molecule has 0 aliphatic heterocycles. The lowest BCUT2D eigenvalue weighted by molar-refractivity contribution is 0.403. The lowest BCUT2D eigenvalue weighted by Crippen LogP contribution is -2.14. The van der Waals surface area contributed by atoms with Crippen molar-refractivity contribution in [3.05, 3.63) is 46.9 Å². The van der Waals surface area contributed by atoms with Gasteiger partial charge in [0.05, 0.1) is 7.11 Å². The van der Waals surface area contributed by atoms with Crippen molar-refractivity contribution in [2.75, 3.05) is 18.1 Å². The Morgan fingerprint density at radius 2 is 1.95 bits per heavy atom. The summed E-state index contributed by atoms with van der Waals surface area (Å²) in [5.41, 5.74) is 0.517. The summed E-state index contributed by atoms with van der Waals surface area (Å²) in [7, 11) is -2.28. The number of hydrogen-bond acceptors (Lipinski definition) is 4. The smallest absolute Gasteiger partial charge is 0.265 e. The first-order valence-corrected chi connectivity index (χ1v) is 9.47. The van der Waals surface area contributed by atoms with Crippen LogP contribution in [0, 0.1) is 0 Å². The van der Waals surface area contributed by atoms with Gasteiger partial charge in [-0.1, -0.05) is 22.0 Å². The second-order valence-electron chi connectivity index (χ2n) is 4.13. The minimum Gasteiger partial charge on any atom is -0.495 e. The Kier molecular flexibility index (Phi) is 5.18. The zero-order chi connectivity index (χ0) is 15.5. The van der Waals surface area contributed by atoms with Gasteiger partial charge in [0, 0.05) is 15.1 Å². The van der Waals surface area contributed by atoms with Crippen LogP contribution in [-0.2, 0) is 10.0 Å². The van der Waals surface area contributed by atoms with E-state index < -0.39 is 10.0 Å². The highest BCUT2D eigenvalue weighted by Gasteiger charge is 2.20. The number of nitrogens with one attached hydrogen (secondary N) is 1. The van der Waals surface area contributed by atoms with Crippen molar-refractivity contribution in [2.24, 2.45) is 0 Å². The van der Waals surface area contributed by atoms with E-state index in [4.69, 9.17) is 4.74 Å². The Hall–Kier alpha value is -1.18. The fourth-order valence-corrected chi connectivity index (χ4v) is 3.97. The summed E-state index contributed by atoms with van der Waals surface area (Å²) in [6.45, 7) is 0. The number of anilines is 1. The Bertz CT molecular complexity index is 748. The number of ether oxygens (including phenoxy) is 1. The van der Waals surface area contributed by atoms with Crippen molar-refractivity contribution < 1.29 is 13.2 Å². The molecule has 7 heteroatoms. The maximum atomic E-state index is 12.5. The lowest BCUT2D eigenvalue weighted by atomic mass is 10.3. The second-order valence-corrected chi connectivity index (χ2v) is 7.58. The summed E-state index contributed by atoms with van der Waals surface area (Å²) in [6.07, 6.45) is 1.94. The molecule has 0 saturated carbocycles. The van der Waals surface area contributed by atoms with Gasteiger partial charge in [0.2, 0.25) is 0 Å². The summed E-state index contributed by atoms with van der Waals surface area (Å²) < 4.78 is 33.4. The van der Waals surface area contributed by atoms with E-state index in [9.17, 15) is 8.42 Å². The molecule has 2 aromatic rings. The maximum Gasteiger partial charge on any atom is 0.265 e. The Morgan fingerprint density at radius 1 is 1.19 bits per heavy atom. The van der Waals surface area contributed by atoms with E-state index in [1.54, 1.807) is 36.0 Å². The van der Waals surface area contributed by atoms with E-state index >= 15 is 0 Å². The molecule has 0 aromatic heterocycles. The molecule has 0 aliphatic rings. The van der Waals surface area contributed by atoms with Crippen LogP contribution in [0.4, 0.5) is 5.69 Å². The molecule has 0 saturated heterocycles. The molecule has 0 aliphatic carbocycles. The van der Waals surface area contributed by atoms with Crippen LogP contribution in [0.2, 0.25) is 0 Å². The molecule has 0 radical (unpaired) electrons. The Morgan fingerprint density at radius 3 is 2.62 bits per heavy atom. The van der Waals surface area contributed by atoms with Gasteiger partial charge in [-0.3, -0.25) is 4.72 Å². The van der Waals surface area contributed by atoms with Gasteiger partial charge in [-0.2, -0.15) is 0 Å². The third-order valence-corrected chi connectivity index (χ3v) is 5.36. The molecule has 2 aromatic carbocycles. The summed E-state index contributed by atoms with van der Waals surface area (Å²) in [4.78, 5) is 1.07. The van der Waals surface area contributed by atoms with Gasteiger partial charge < -0.3 is 4.74 Å². The highest BCUT2D eigenvalue weighted by atomic mass is 79.9. The van der Waals surface area contributed by atoms with Crippen LogP contribution in [0.5, 0.6) is 5.75 Å². The van der Waals surface area contributed by atoms with E-state index in [0.29, 0.717) is 15.9 Å². The van der Waals surface area contributed by atoms with Crippen molar-refractivity contribution in [3.8, 4) is 5.75 Å². The van der Waals surface area contributed by atoms with Crippen LogP contribution in [0.15, 0.2) is 56.7 Å². The number of rotatable bonds is 5. The van der Waals surface area contributed by atoms with Crippen LogP contribution < -0.4 is 9.46 Å². The highest BCUT2D eigenvalue weighted by molar-refractivity contribution is 9.10. The van der Waals surface area contributed by atoms with Crippen LogP contribution in [0.1, 0.15) is 0 Å². The first-order chi connectivity index (χ1) is 9.96. The molecule has 4 nitrogen and oxygen atoms in total. The van der Waals surface area contributed by atoms with Crippen LogP contribution in [0.25, 0.3) is 0 Å². The van der Waals surface area contributed by atoms with Crippen molar-refractivity contribution in [3.63, 3.8) is 0 Å². The first kappa shape index (κ1) is 16.2. The topological polar surface area (TPSA) is 55.4 Å². The monoisotopic (exact) mass is 387 g/mol. The molecule has 0 heterocycles. The molecule has 21 heavy (non-hydrogen) atoms.